The number of amidine groups is 1. The Morgan fingerprint density at radius 2 is 1.75 bits per heavy atom. The fraction of sp³-hybridized carbons (Fsp3) is 0.632. The second kappa shape index (κ2) is 6.17. The summed E-state index contributed by atoms with van der Waals surface area (Å²) < 4.78 is 29.8. The van der Waals surface area contributed by atoms with Gasteiger partial charge in [0.1, 0.15) is 30.0 Å². The molecular formula is C19H28N2O6Si. The smallest absolute Gasteiger partial charge is 0.683 e. The first-order valence-corrected chi connectivity index (χ1v) is 11.2. The van der Waals surface area contributed by atoms with Crippen LogP contribution in [0, 0.1) is 5.21 Å². The van der Waals surface area contributed by atoms with E-state index in [1.165, 1.54) is 0 Å². The molecule has 1 aromatic carbocycles. The van der Waals surface area contributed by atoms with Crippen LogP contribution in [-0.4, -0.2) is 68.3 Å². The van der Waals surface area contributed by atoms with Crippen LogP contribution in [0.1, 0.15) is 40.2 Å². The molecule has 3 heterocycles. The lowest BCUT2D eigenvalue weighted by atomic mass is 9.83. The Bertz CT molecular complexity index is 799. The summed E-state index contributed by atoms with van der Waals surface area (Å²) in [6, 6.07) is 7.44. The van der Waals surface area contributed by atoms with Gasteiger partial charge in [-0.25, -0.2) is 0 Å². The van der Waals surface area contributed by atoms with Gasteiger partial charge in [-0.2, -0.15) is 0 Å². The van der Waals surface area contributed by atoms with Crippen molar-refractivity contribution in [1.82, 2.24) is 4.90 Å². The molecular weight excluding hydrogens is 380 g/mol. The zero-order valence-corrected chi connectivity index (χ0v) is 18.3. The van der Waals surface area contributed by atoms with Gasteiger partial charge < -0.3 is 27.6 Å². The van der Waals surface area contributed by atoms with Crippen LogP contribution in [0.15, 0.2) is 24.3 Å². The number of ether oxygens (including phenoxy) is 1. The Morgan fingerprint density at radius 3 is 2.25 bits per heavy atom. The minimum atomic E-state index is -3.02. The van der Waals surface area contributed by atoms with Gasteiger partial charge in [-0.15, -0.1) is 0 Å². The zero-order chi connectivity index (χ0) is 20.4. The second-order valence-electron chi connectivity index (χ2n) is 8.44. The van der Waals surface area contributed by atoms with Crippen molar-refractivity contribution in [3.05, 3.63) is 35.0 Å². The number of fused-ring (bicyclic) bond motifs is 2. The Labute approximate surface area is 166 Å². The van der Waals surface area contributed by atoms with Gasteiger partial charge in [0.2, 0.25) is 0 Å². The molecule has 28 heavy (non-hydrogen) atoms. The van der Waals surface area contributed by atoms with Crippen LogP contribution in [0.5, 0.6) is 5.75 Å². The molecule has 8 nitrogen and oxygen atoms in total. The maximum Gasteiger partial charge on any atom is 0.683 e. The minimum Gasteiger partial charge on any atom is -0.715 e. The molecule has 2 saturated heterocycles. The van der Waals surface area contributed by atoms with E-state index in [4.69, 9.17) is 22.4 Å². The fourth-order valence-electron chi connectivity index (χ4n) is 3.72. The van der Waals surface area contributed by atoms with Crippen LogP contribution in [0.3, 0.4) is 0 Å². The lowest BCUT2D eigenvalue weighted by molar-refractivity contribution is -0.539. The lowest BCUT2D eigenvalue weighted by Gasteiger charge is -2.35. The van der Waals surface area contributed by atoms with Crippen molar-refractivity contribution in [2.24, 2.45) is 0 Å². The maximum atomic E-state index is 13.0. The molecule has 0 atom stereocenters. The first kappa shape index (κ1) is 19.7. The number of likely N-dealkylation sites (N-methyl/N-ethyl adjacent to an activating group) is 1. The van der Waals surface area contributed by atoms with E-state index < -0.39 is 20.4 Å². The average Bonchev–Trinajstić information content (AvgIpc) is 3.21. The van der Waals surface area contributed by atoms with Crippen molar-refractivity contribution in [3.63, 3.8) is 0 Å². The molecule has 0 aliphatic carbocycles. The molecule has 9 heteroatoms. The van der Waals surface area contributed by atoms with Crippen molar-refractivity contribution < 1.29 is 27.2 Å². The highest BCUT2D eigenvalue weighted by Gasteiger charge is 2.68. The van der Waals surface area contributed by atoms with Crippen LogP contribution in [0.25, 0.3) is 0 Å². The minimum absolute atomic E-state index is 0.276. The van der Waals surface area contributed by atoms with E-state index in [9.17, 15) is 5.21 Å². The normalized spacial score (nSPS) is 33.0. The van der Waals surface area contributed by atoms with Crippen molar-refractivity contribution >= 4 is 14.9 Å². The third-order valence-corrected chi connectivity index (χ3v) is 8.60. The molecule has 2 fully saturated rings. The molecule has 0 radical (unpaired) electrons. The monoisotopic (exact) mass is 408 g/mol. The number of hydrogen-bond donors (Lipinski definition) is 0. The third kappa shape index (κ3) is 2.68. The SMILES string of the molecule is CCO[Si]12OCC(Oc3ccc(C4=[N+]([O-])C(C)(C)C(C)(C)N4C)cc3)(CO1)O2. The van der Waals surface area contributed by atoms with Crippen LogP contribution in [0.4, 0.5) is 0 Å². The molecule has 0 aromatic heterocycles. The van der Waals surface area contributed by atoms with Gasteiger partial charge in [-0.1, -0.05) is 0 Å². The van der Waals surface area contributed by atoms with Crippen LogP contribution >= 0.6 is 0 Å². The van der Waals surface area contributed by atoms with Gasteiger partial charge in [0.15, 0.2) is 0 Å². The number of hydrogen-bond acceptors (Lipinski definition) is 7. The van der Waals surface area contributed by atoms with Crippen molar-refractivity contribution in [2.75, 3.05) is 26.9 Å². The zero-order valence-electron chi connectivity index (χ0n) is 17.3. The van der Waals surface area contributed by atoms with E-state index in [0.29, 0.717) is 18.2 Å². The summed E-state index contributed by atoms with van der Waals surface area (Å²) in [7, 11) is -1.07. The third-order valence-electron chi connectivity index (χ3n) is 6.34. The van der Waals surface area contributed by atoms with Gasteiger partial charge >= 0.3 is 9.05 Å². The summed E-state index contributed by atoms with van der Waals surface area (Å²) in [5, 5.41) is 13.0. The molecule has 0 saturated carbocycles. The number of nitrogens with zero attached hydrogens (tertiary/aromatic N) is 2. The molecule has 4 rings (SSSR count). The molecule has 3 aliphatic heterocycles. The van der Waals surface area contributed by atoms with Gasteiger partial charge in [-0.05, 0) is 58.9 Å². The predicted octanol–water partition coefficient (Wildman–Crippen LogP) is 2.07. The van der Waals surface area contributed by atoms with E-state index in [1.807, 2.05) is 57.0 Å². The summed E-state index contributed by atoms with van der Waals surface area (Å²) in [6.07, 6.45) is 0. The van der Waals surface area contributed by atoms with Crippen LogP contribution < -0.4 is 4.74 Å². The Hall–Kier alpha value is -1.65. The molecule has 0 spiro atoms. The first-order chi connectivity index (χ1) is 13.1. The Balaban J connectivity index is 1.54. The van der Waals surface area contributed by atoms with Gasteiger partial charge in [-0.3, -0.25) is 9.64 Å². The lowest BCUT2D eigenvalue weighted by Crippen LogP contribution is -2.53. The van der Waals surface area contributed by atoms with Crippen molar-refractivity contribution in [1.29, 1.82) is 0 Å². The second-order valence-corrected chi connectivity index (χ2v) is 10.5. The van der Waals surface area contributed by atoms with Crippen molar-refractivity contribution in [2.45, 2.75) is 51.5 Å². The van der Waals surface area contributed by atoms with Gasteiger partial charge in [0.05, 0.1) is 12.6 Å². The highest BCUT2D eigenvalue weighted by molar-refractivity contribution is 6.55. The standard InChI is InChI=1S/C19H28N2O6Si/c1-7-23-28-24-12-19(27-28,13-25-28)26-15-10-8-14(9-11-15)16-20(6)17(2,3)18(4,5)21(16)22/h8-11H,7,12-13H2,1-6H3. The largest absolute Gasteiger partial charge is 0.715 e. The summed E-state index contributed by atoms with van der Waals surface area (Å²) in [6.45, 7) is 11.0. The first-order valence-electron chi connectivity index (χ1n) is 9.55. The number of benzene rings is 1. The molecule has 2 bridgehead atoms. The van der Waals surface area contributed by atoms with E-state index >= 15 is 0 Å². The fourth-order valence-corrected chi connectivity index (χ4v) is 5.91. The maximum absolute atomic E-state index is 13.0. The summed E-state index contributed by atoms with van der Waals surface area (Å²) in [5.41, 5.74) is -0.0126. The predicted molar refractivity (Wildman–Crippen MR) is 104 cm³/mol. The summed E-state index contributed by atoms with van der Waals surface area (Å²) in [4.78, 5) is 2.04. The molecule has 0 unspecified atom stereocenters. The van der Waals surface area contributed by atoms with Gasteiger partial charge in [0.25, 0.3) is 11.6 Å². The highest BCUT2D eigenvalue weighted by atomic mass is 28.4. The highest BCUT2D eigenvalue weighted by Crippen LogP contribution is 2.40. The Morgan fingerprint density at radius 1 is 1.14 bits per heavy atom. The Kier molecular flexibility index (Phi) is 4.33. The summed E-state index contributed by atoms with van der Waals surface area (Å²) >= 11 is 0. The quantitative estimate of drug-likeness (QED) is 0.419. The summed E-state index contributed by atoms with van der Waals surface area (Å²) in [5.74, 6) is 0.304. The van der Waals surface area contributed by atoms with E-state index in [-0.39, 0.29) is 18.8 Å². The average molecular weight is 409 g/mol. The van der Waals surface area contributed by atoms with E-state index in [0.717, 1.165) is 10.3 Å². The van der Waals surface area contributed by atoms with Crippen LogP contribution in [-0.2, 0) is 17.7 Å². The molecule has 154 valence electrons. The molecule has 1 aromatic rings. The van der Waals surface area contributed by atoms with Crippen molar-refractivity contribution in [3.8, 4) is 5.75 Å². The number of hydroxylamine groups is 1. The van der Waals surface area contributed by atoms with Gasteiger partial charge in [0, 0.05) is 6.61 Å². The van der Waals surface area contributed by atoms with E-state index in [1.54, 1.807) is 0 Å². The molecule has 3 aliphatic rings. The van der Waals surface area contributed by atoms with E-state index in [2.05, 4.69) is 13.8 Å². The topological polar surface area (TPSA) is 75.5 Å². The number of rotatable bonds is 5. The molecule has 0 N–H and O–H groups in total. The molecule has 0 amide bonds. The van der Waals surface area contributed by atoms with Crippen LogP contribution in [0.2, 0.25) is 0 Å².